The highest BCUT2D eigenvalue weighted by atomic mass is 32.2. The van der Waals surface area contributed by atoms with Crippen LogP contribution < -0.4 is 5.32 Å². The van der Waals surface area contributed by atoms with Crippen molar-refractivity contribution in [1.82, 2.24) is 10.2 Å². The lowest BCUT2D eigenvalue weighted by molar-refractivity contribution is 0.353. The first kappa shape index (κ1) is 20.7. The summed E-state index contributed by atoms with van der Waals surface area (Å²) >= 11 is 0. The molecule has 0 aromatic heterocycles. The number of hydrogen-bond acceptors (Lipinski definition) is 3. The minimum absolute atomic E-state index is 0.183. The minimum Gasteiger partial charge on any atom is -0.356 e. The van der Waals surface area contributed by atoms with Crippen LogP contribution in [0.1, 0.15) is 51.2 Å². The van der Waals surface area contributed by atoms with Crippen molar-refractivity contribution in [2.24, 2.45) is 4.99 Å². The number of sulfone groups is 1. The van der Waals surface area contributed by atoms with E-state index < -0.39 is 14.6 Å². The van der Waals surface area contributed by atoms with Crippen molar-refractivity contribution >= 4 is 15.8 Å². The quantitative estimate of drug-likeness (QED) is 0.485. The lowest BCUT2D eigenvalue weighted by Gasteiger charge is -2.39. The maximum Gasteiger partial charge on any atom is 0.193 e. The second-order valence-electron chi connectivity index (χ2n) is 7.97. The average molecular weight is 380 g/mol. The number of aliphatic imine (C=N–C) groups is 1. The van der Waals surface area contributed by atoms with E-state index in [1.165, 1.54) is 11.1 Å². The Labute approximate surface area is 158 Å². The van der Waals surface area contributed by atoms with Gasteiger partial charge in [0.25, 0.3) is 0 Å². The topological polar surface area (TPSA) is 61.8 Å². The molecule has 0 spiro atoms. The smallest absolute Gasteiger partial charge is 0.193 e. The molecule has 0 amide bonds. The van der Waals surface area contributed by atoms with E-state index in [-0.39, 0.29) is 5.75 Å². The van der Waals surface area contributed by atoms with Crippen LogP contribution in [0.3, 0.4) is 0 Å². The van der Waals surface area contributed by atoms with Crippen molar-refractivity contribution in [2.45, 2.75) is 51.2 Å². The summed E-state index contributed by atoms with van der Waals surface area (Å²) in [4.78, 5) is 6.39. The van der Waals surface area contributed by atoms with Gasteiger partial charge in [-0.1, -0.05) is 38.1 Å². The highest BCUT2D eigenvalue weighted by Gasteiger charge is 2.40. The zero-order valence-electron chi connectivity index (χ0n) is 16.7. The molecule has 5 nitrogen and oxygen atoms in total. The van der Waals surface area contributed by atoms with E-state index >= 15 is 0 Å². The fourth-order valence-corrected chi connectivity index (χ4v) is 4.58. The predicted molar refractivity (Wildman–Crippen MR) is 110 cm³/mol. The second kappa shape index (κ2) is 8.42. The normalized spacial score (nSPS) is 19.6. The summed E-state index contributed by atoms with van der Waals surface area (Å²) < 4.78 is 23.6. The summed E-state index contributed by atoms with van der Waals surface area (Å²) in [6.07, 6.45) is 2.03. The van der Waals surface area contributed by atoms with Crippen LogP contribution in [-0.2, 0) is 16.3 Å². The van der Waals surface area contributed by atoms with Crippen LogP contribution in [0.5, 0.6) is 0 Å². The SMILES string of the molecule is CN=C(NCCCc1ccc(C(C)C)cc1)N1CCS(=O)(=O)C(C)(C)C1. The molecule has 1 N–H and O–H groups in total. The predicted octanol–water partition coefficient (Wildman–Crippen LogP) is 2.83. The van der Waals surface area contributed by atoms with Gasteiger partial charge >= 0.3 is 0 Å². The third kappa shape index (κ3) is 5.00. The summed E-state index contributed by atoms with van der Waals surface area (Å²) in [6.45, 7) is 9.80. The van der Waals surface area contributed by atoms with Crippen LogP contribution in [0.15, 0.2) is 29.3 Å². The first-order chi connectivity index (χ1) is 12.2. The van der Waals surface area contributed by atoms with Gasteiger partial charge in [-0.3, -0.25) is 4.99 Å². The fourth-order valence-electron chi connectivity index (χ4n) is 3.22. The van der Waals surface area contributed by atoms with E-state index in [9.17, 15) is 8.42 Å². The van der Waals surface area contributed by atoms with Crippen molar-refractivity contribution in [3.63, 3.8) is 0 Å². The van der Waals surface area contributed by atoms with Crippen LogP contribution in [0, 0.1) is 0 Å². The lowest BCUT2D eigenvalue weighted by atomic mass is 10.0. The van der Waals surface area contributed by atoms with Gasteiger partial charge in [-0.25, -0.2) is 8.42 Å². The Balaban J connectivity index is 1.82. The molecule has 2 rings (SSSR count). The van der Waals surface area contributed by atoms with Gasteiger partial charge in [0.1, 0.15) is 0 Å². The van der Waals surface area contributed by atoms with Crippen LogP contribution >= 0.6 is 0 Å². The molecule has 1 aliphatic heterocycles. The number of aryl methyl sites for hydroxylation is 1. The molecule has 0 bridgehead atoms. The molecule has 1 heterocycles. The molecule has 26 heavy (non-hydrogen) atoms. The molecule has 6 heteroatoms. The molecule has 0 atom stereocenters. The standard InChI is InChI=1S/C20H33N3O2S/c1-16(2)18-10-8-17(9-11-18)7-6-12-22-19(21-5)23-13-14-26(24,25)20(3,4)15-23/h8-11,16H,6-7,12-15H2,1-5H3,(H,21,22). The van der Waals surface area contributed by atoms with Gasteiger partial charge in [-0.05, 0) is 43.7 Å². The number of nitrogens with one attached hydrogen (secondary N) is 1. The summed E-state index contributed by atoms with van der Waals surface area (Å²) in [5.74, 6) is 1.54. The number of guanidine groups is 1. The summed E-state index contributed by atoms with van der Waals surface area (Å²) in [5, 5.41) is 3.39. The molecule has 1 fully saturated rings. The highest BCUT2D eigenvalue weighted by molar-refractivity contribution is 7.92. The van der Waals surface area contributed by atoms with Gasteiger partial charge in [0.05, 0.1) is 10.5 Å². The van der Waals surface area contributed by atoms with E-state index in [1.807, 2.05) is 0 Å². The molecular formula is C20H33N3O2S. The van der Waals surface area contributed by atoms with Gasteiger partial charge in [0, 0.05) is 26.7 Å². The number of rotatable bonds is 5. The Morgan fingerprint density at radius 1 is 1.27 bits per heavy atom. The third-order valence-electron chi connectivity index (χ3n) is 5.13. The van der Waals surface area contributed by atoms with E-state index in [4.69, 9.17) is 0 Å². The largest absolute Gasteiger partial charge is 0.356 e. The van der Waals surface area contributed by atoms with Gasteiger partial charge in [0.2, 0.25) is 0 Å². The maximum atomic E-state index is 12.2. The van der Waals surface area contributed by atoms with E-state index in [1.54, 1.807) is 20.9 Å². The summed E-state index contributed by atoms with van der Waals surface area (Å²) in [6, 6.07) is 8.84. The lowest BCUT2D eigenvalue weighted by Crippen LogP contribution is -2.57. The van der Waals surface area contributed by atoms with Gasteiger partial charge in [-0.15, -0.1) is 0 Å². The van der Waals surface area contributed by atoms with Crippen molar-refractivity contribution in [1.29, 1.82) is 0 Å². The summed E-state index contributed by atoms with van der Waals surface area (Å²) in [7, 11) is -1.28. The van der Waals surface area contributed by atoms with E-state index in [2.05, 4.69) is 53.3 Å². The van der Waals surface area contributed by atoms with Crippen molar-refractivity contribution in [3.05, 3.63) is 35.4 Å². The van der Waals surface area contributed by atoms with Gasteiger partial charge < -0.3 is 10.2 Å². The summed E-state index contributed by atoms with van der Waals surface area (Å²) in [5.41, 5.74) is 2.71. The minimum atomic E-state index is -3.03. The van der Waals surface area contributed by atoms with Crippen molar-refractivity contribution < 1.29 is 8.42 Å². The molecule has 1 saturated heterocycles. The maximum absolute atomic E-state index is 12.2. The van der Waals surface area contributed by atoms with Gasteiger partial charge in [-0.2, -0.15) is 0 Å². The second-order valence-corrected chi connectivity index (χ2v) is 10.7. The molecule has 1 aromatic carbocycles. The molecule has 1 aliphatic rings. The Morgan fingerprint density at radius 2 is 1.92 bits per heavy atom. The molecule has 0 radical (unpaired) electrons. The zero-order chi connectivity index (χ0) is 19.4. The fraction of sp³-hybridized carbons (Fsp3) is 0.650. The first-order valence-corrected chi connectivity index (χ1v) is 11.1. The zero-order valence-corrected chi connectivity index (χ0v) is 17.6. The number of benzene rings is 1. The molecule has 0 aliphatic carbocycles. The molecular weight excluding hydrogens is 346 g/mol. The highest BCUT2D eigenvalue weighted by Crippen LogP contribution is 2.23. The monoisotopic (exact) mass is 379 g/mol. The molecule has 0 saturated carbocycles. The Bertz CT molecular complexity index is 722. The van der Waals surface area contributed by atoms with Gasteiger partial charge in [0.15, 0.2) is 15.8 Å². The number of hydrogen-bond donors (Lipinski definition) is 1. The first-order valence-electron chi connectivity index (χ1n) is 9.43. The molecule has 146 valence electrons. The van der Waals surface area contributed by atoms with E-state index in [0.29, 0.717) is 19.0 Å². The third-order valence-corrected chi connectivity index (χ3v) is 7.66. The van der Waals surface area contributed by atoms with Crippen LogP contribution in [0.25, 0.3) is 0 Å². The Kier molecular flexibility index (Phi) is 6.72. The van der Waals surface area contributed by atoms with Crippen molar-refractivity contribution in [2.75, 3.05) is 32.4 Å². The Morgan fingerprint density at radius 3 is 2.46 bits per heavy atom. The molecule has 0 unspecified atom stereocenters. The van der Waals surface area contributed by atoms with E-state index in [0.717, 1.165) is 25.3 Å². The average Bonchev–Trinajstić information content (AvgIpc) is 2.58. The Hall–Kier alpha value is -1.56. The van der Waals surface area contributed by atoms with Crippen LogP contribution in [0.2, 0.25) is 0 Å². The van der Waals surface area contributed by atoms with Crippen LogP contribution in [-0.4, -0.2) is 56.5 Å². The van der Waals surface area contributed by atoms with Crippen molar-refractivity contribution in [3.8, 4) is 0 Å². The number of nitrogens with zero attached hydrogens (tertiary/aromatic N) is 2. The van der Waals surface area contributed by atoms with Crippen LogP contribution in [0.4, 0.5) is 0 Å². The molecule has 1 aromatic rings.